The molecule has 2 rings (SSSR count). The van der Waals surface area contributed by atoms with Crippen molar-refractivity contribution in [3.8, 4) is 0 Å². The minimum absolute atomic E-state index is 0.262. The monoisotopic (exact) mass is 297 g/mol. The number of para-hydroxylation sites is 1. The third-order valence-corrected chi connectivity index (χ3v) is 5.42. The van der Waals surface area contributed by atoms with E-state index in [1.165, 1.54) is 0 Å². The molecule has 4 N–H and O–H groups in total. The van der Waals surface area contributed by atoms with Crippen LogP contribution in [0.1, 0.15) is 26.2 Å². The summed E-state index contributed by atoms with van der Waals surface area (Å²) in [6, 6.07) is 7.30. The van der Waals surface area contributed by atoms with Gasteiger partial charge in [0, 0.05) is 12.6 Å². The lowest BCUT2D eigenvalue weighted by molar-refractivity contribution is 0.515. The highest BCUT2D eigenvalue weighted by atomic mass is 32.2. The normalized spacial score (nSPS) is 22.9. The van der Waals surface area contributed by atoms with E-state index in [0.717, 1.165) is 19.3 Å². The van der Waals surface area contributed by atoms with E-state index >= 15 is 0 Å². The van der Waals surface area contributed by atoms with Crippen LogP contribution >= 0.6 is 0 Å². The fourth-order valence-electron chi connectivity index (χ4n) is 2.80. The van der Waals surface area contributed by atoms with Gasteiger partial charge in [-0.1, -0.05) is 25.5 Å². The first-order valence-corrected chi connectivity index (χ1v) is 8.62. The highest BCUT2D eigenvalue weighted by Crippen LogP contribution is 2.30. The molecule has 1 aromatic carbocycles. The highest BCUT2D eigenvalue weighted by molar-refractivity contribution is 7.89. The van der Waals surface area contributed by atoms with Gasteiger partial charge in [0.25, 0.3) is 0 Å². The molecular weight excluding hydrogens is 274 g/mol. The van der Waals surface area contributed by atoms with Crippen molar-refractivity contribution >= 4 is 15.7 Å². The number of rotatable bonds is 6. The van der Waals surface area contributed by atoms with Gasteiger partial charge >= 0.3 is 0 Å². The zero-order valence-corrected chi connectivity index (χ0v) is 12.6. The van der Waals surface area contributed by atoms with Crippen LogP contribution in [-0.4, -0.2) is 27.5 Å². The lowest BCUT2D eigenvalue weighted by Gasteiger charge is -2.22. The topological polar surface area (TPSA) is 84.2 Å². The third kappa shape index (κ3) is 3.31. The molecule has 0 spiro atoms. The fourth-order valence-corrected chi connectivity index (χ4v) is 4.01. The SMILES string of the molecule is CCNS(=O)(=O)c1ccccc1NC1CCCC1CN. The van der Waals surface area contributed by atoms with Crippen LogP contribution in [0.2, 0.25) is 0 Å². The van der Waals surface area contributed by atoms with E-state index in [-0.39, 0.29) is 6.04 Å². The number of hydrogen-bond donors (Lipinski definition) is 3. The number of anilines is 1. The van der Waals surface area contributed by atoms with Crippen molar-refractivity contribution < 1.29 is 8.42 Å². The minimum atomic E-state index is -3.45. The molecule has 2 unspecified atom stereocenters. The van der Waals surface area contributed by atoms with Crippen molar-refractivity contribution in [2.75, 3.05) is 18.4 Å². The molecule has 5 nitrogen and oxygen atoms in total. The van der Waals surface area contributed by atoms with Gasteiger partial charge in [-0.25, -0.2) is 13.1 Å². The molecule has 1 aliphatic rings. The number of hydrogen-bond acceptors (Lipinski definition) is 4. The molecule has 0 aliphatic heterocycles. The van der Waals surface area contributed by atoms with Crippen molar-refractivity contribution in [3.05, 3.63) is 24.3 Å². The molecule has 1 aromatic rings. The van der Waals surface area contributed by atoms with Crippen LogP contribution < -0.4 is 15.8 Å². The van der Waals surface area contributed by atoms with Crippen molar-refractivity contribution in [1.82, 2.24) is 4.72 Å². The van der Waals surface area contributed by atoms with E-state index < -0.39 is 10.0 Å². The minimum Gasteiger partial charge on any atom is -0.381 e. The number of nitrogens with two attached hydrogens (primary N) is 1. The Kier molecular flexibility index (Phi) is 5.01. The summed E-state index contributed by atoms with van der Waals surface area (Å²) < 4.78 is 26.9. The van der Waals surface area contributed by atoms with Gasteiger partial charge < -0.3 is 11.1 Å². The molecule has 1 fully saturated rings. The van der Waals surface area contributed by atoms with Crippen molar-refractivity contribution in [2.24, 2.45) is 11.7 Å². The predicted molar refractivity (Wildman–Crippen MR) is 81.1 cm³/mol. The molecule has 0 bridgehead atoms. The first kappa shape index (κ1) is 15.3. The Morgan fingerprint density at radius 2 is 2.05 bits per heavy atom. The highest BCUT2D eigenvalue weighted by Gasteiger charge is 2.27. The summed E-state index contributed by atoms with van der Waals surface area (Å²) in [5.74, 6) is 0.421. The Hall–Kier alpha value is -1.11. The maximum Gasteiger partial charge on any atom is 0.242 e. The van der Waals surface area contributed by atoms with Gasteiger partial charge in [0.05, 0.1) is 5.69 Å². The van der Waals surface area contributed by atoms with Gasteiger partial charge in [-0.2, -0.15) is 0 Å². The quantitative estimate of drug-likeness (QED) is 0.743. The van der Waals surface area contributed by atoms with E-state index in [9.17, 15) is 8.42 Å². The summed E-state index contributed by atoms with van der Waals surface area (Å²) >= 11 is 0. The molecule has 0 heterocycles. The average molecular weight is 297 g/mol. The molecule has 0 radical (unpaired) electrons. The molecule has 20 heavy (non-hydrogen) atoms. The van der Waals surface area contributed by atoms with Gasteiger partial charge in [-0.3, -0.25) is 0 Å². The average Bonchev–Trinajstić information content (AvgIpc) is 2.86. The second-order valence-electron chi connectivity index (χ2n) is 5.18. The second-order valence-corrected chi connectivity index (χ2v) is 6.91. The lowest BCUT2D eigenvalue weighted by atomic mass is 10.0. The molecule has 1 aliphatic carbocycles. The van der Waals surface area contributed by atoms with E-state index in [2.05, 4.69) is 10.0 Å². The van der Waals surface area contributed by atoms with E-state index in [1.54, 1.807) is 19.1 Å². The van der Waals surface area contributed by atoms with Crippen LogP contribution in [0.25, 0.3) is 0 Å². The summed E-state index contributed by atoms with van der Waals surface area (Å²) in [4.78, 5) is 0.310. The fraction of sp³-hybridized carbons (Fsp3) is 0.571. The van der Waals surface area contributed by atoms with Crippen LogP contribution in [0, 0.1) is 5.92 Å². The number of nitrogens with one attached hydrogen (secondary N) is 2. The summed E-state index contributed by atoms with van der Waals surface area (Å²) in [5.41, 5.74) is 6.44. The van der Waals surface area contributed by atoms with E-state index in [0.29, 0.717) is 29.6 Å². The van der Waals surface area contributed by atoms with Crippen molar-refractivity contribution in [2.45, 2.75) is 37.1 Å². The van der Waals surface area contributed by atoms with Gasteiger partial charge in [0.15, 0.2) is 0 Å². The Labute approximate surface area is 121 Å². The van der Waals surface area contributed by atoms with Crippen molar-refractivity contribution in [1.29, 1.82) is 0 Å². The molecule has 2 atom stereocenters. The van der Waals surface area contributed by atoms with Gasteiger partial charge in [0.1, 0.15) is 4.90 Å². The zero-order chi connectivity index (χ0) is 14.6. The standard InChI is InChI=1S/C14H23N3O2S/c1-2-16-20(18,19)14-9-4-3-7-13(14)17-12-8-5-6-11(12)10-15/h3-4,7,9,11-12,16-17H,2,5-6,8,10,15H2,1H3. The van der Waals surface area contributed by atoms with Gasteiger partial charge in [-0.15, -0.1) is 0 Å². The molecule has 0 amide bonds. The maximum absolute atomic E-state index is 12.2. The van der Waals surface area contributed by atoms with Crippen LogP contribution in [-0.2, 0) is 10.0 Å². The van der Waals surface area contributed by atoms with Crippen LogP contribution in [0.4, 0.5) is 5.69 Å². The van der Waals surface area contributed by atoms with Crippen LogP contribution in [0.15, 0.2) is 29.2 Å². The molecule has 6 heteroatoms. The van der Waals surface area contributed by atoms with Crippen LogP contribution in [0.5, 0.6) is 0 Å². The maximum atomic E-state index is 12.2. The summed E-state index contributed by atoms with van der Waals surface area (Å²) in [7, 11) is -3.45. The zero-order valence-electron chi connectivity index (χ0n) is 11.8. The smallest absolute Gasteiger partial charge is 0.242 e. The van der Waals surface area contributed by atoms with E-state index in [1.807, 2.05) is 12.1 Å². The Balaban J connectivity index is 2.24. The predicted octanol–water partition coefficient (Wildman–Crippen LogP) is 1.52. The molecular formula is C14H23N3O2S. The van der Waals surface area contributed by atoms with Crippen LogP contribution in [0.3, 0.4) is 0 Å². The third-order valence-electron chi connectivity index (χ3n) is 3.81. The molecule has 0 saturated heterocycles. The Morgan fingerprint density at radius 1 is 1.30 bits per heavy atom. The summed E-state index contributed by atoms with van der Waals surface area (Å²) in [6.07, 6.45) is 3.29. The number of benzene rings is 1. The summed E-state index contributed by atoms with van der Waals surface area (Å²) in [5, 5.41) is 3.38. The molecule has 0 aromatic heterocycles. The second kappa shape index (κ2) is 6.56. The first-order chi connectivity index (χ1) is 9.58. The molecule has 112 valence electrons. The van der Waals surface area contributed by atoms with Crippen molar-refractivity contribution in [3.63, 3.8) is 0 Å². The largest absolute Gasteiger partial charge is 0.381 e. The van der Waals surface area contributed by atoms with Gasteiger partial charge in [-0.05, 0) is 37.4 Å². The lowest BCUT2D eigenvalue weighted by Crippen LogP contribution is -2.31. The summed E-state index contributed by atoms with van der Waals surface area (Å²) in [6.45, 7) is 2.79. The Morgan fingerprint density at radius 3 is 2.75 bits per heavy atom. The number of sulfonamides is 1. The van der Waals surface area contributed by atoms with Gasteiger partial charge in [0.2, 0.25) is 10.0 Å². The first-order valence-electron chi connectivity index (χ1n) is 7.13. The molecule has 1 saturated carbocycles. The van der Waals surface area contributed by atoms with E-state index in [4.69, 9.17) is 5.73 Å². The Bertz CT molecular complexity index is 545.